The van der Waals surface area contributed by atoms with E-state index in [1.807, 2.05) is 0 Å². The maximum absolute atomic E-state index is 10.8. The van der Waals surface area contributed by atoms with Crippen molar-refractivity contribution in [2.75, 3.05) is 18.1 Å². The number of hydrogen-bond acceptors (Lipinski definition) is 4. The van der Waals surface area contributed by atoms with Crippen LogP contribution in [-0.2, 0) is 4.84 Å². The van der Waals surface area contributed by atoms with Gasteiger partial charge in [-0.25, -0.2) is 0 Å². The van der Waals surface area contributed by atoms with E-state index >= 15 is 0 Å². The monoisotopic (exact) mass is 153 g/mol. The Morgan fingerprint density at radius 2 is 1.91 bits per heavy atom. The topological polar surface area (TPSA) is 61.5 Å². The average molecular weight is 153 g/mol. The summed E-state index contributed by atoms with van der Waals surface area (Å²) in [5.74, 6) is 0. The zero-order valence-corrected chi connectivity index (χ0v) is 6.15. The fourth-order valence-corrected chi connectivity index (χ4v) is 0.701. The summed E-state index contributed by atoms with van der Waals surface area (Å²) >= 11 is 0. The normalized spacial score (nSPS) is 9.64. The summed E-state index contributed by atoms with van der Waals surface area (Å²) in [5, 5.41) is 11.2. The Morgan fingerprint density at radius 1 is 1.36 bits per heavy atom. The minimum absolute atomic E-state index is 0.416. The van der Waals surface area contributed by atoms with E-state index in [9.17, 15) is 5.21 Å². The van der Waals surface area contributed by atoms with Gasteiger partial charge in [-0.15, -0.1) is 0 Å². The van der Waals surface area contributed by atoms with Crippen LogP contribution in [0.4, 0.5) is 11.4 Å². The van der Waals surface area contributed by atoms with Crippen LogP contribution in [0.3, 0.4) is 0 Å². The molecular weight excluding hydrogens is 144 g/mol. The molecule has 0 atom stereocenters. The molecule has 11 heavy (non-hydrogen) atoms. The first-order chi connectivity index (χ1) is 5.24. The Kier molecular flexibility index (Phi) is 2.30. The van der Waals surface area contributed by atoms with Crippen LogP contribution in [0.5, 0.6) is 0 Å². The van der Waals surface area contributed by atoms with Crippen molar-refractivity contribution in [2.24, 2.45) is 0 Å². The molecule has 60 valence electrons. The highest BCUT2D eigenvalue weighted by Gasteiger charge is 1.91. The molecule has 0 radical (unpaired) electrons. The molecule has 0 saturated carbocycles. The van der Waals surface area contributed by atoms with Gasteiger partial charge in [-0.1, -0.05) is 0 Å². The molecule has 1 aromatic carbocycles. The Balaban J connectivity index is 2.81. The van der Waals surface area contributed by atoms with Gasteiger partial charge in [0.2, 0.25) is 0 Å². The minimum Gasteiger partial charge on any atom is -0.733 e. The molecule has 4 heteroatoms. The van der Waals surface area contributed by atoms with Crippen molar-refractivity contribution in [1.29, 1.82) is 0 Å². The standard InChI is InChI=1S/C7H9N2O2/c1-11-9(10)7-4-2-6(8)3-5-7/h2-5H,8H2,1H3/q-1. The fraction of sp³-hybridized carbons (Fsp3) is 0.143. The summed E-state index contributed by atoms with van der Waals surface area (Å²) in [6, 6.07) is 6.45. The maximum atomic E-state index is 10.8. The van der Waals surface area contributed by atoms with Gasteiger partial charge in [0, 0.05) is 5.69 Å². The van der Waals surface area contributed by atoms with E-state index in [4.69, 9.17) is 5.73 Å². The smallest absolute Gasteiger partial charge is 0.0629 e. The fourth-order valence-electron chi connectivity index (χ4n) is 0.701. The molecule has 0 unspecified atom stereocenters. The van der Waals surface area contributed by atoms with Gasteiger partial charge in [0.15, 0.2) is 0 Å². The van der Waals surface area contributed by atoms with Crippen molar-refractivity contribution in [1.82, 2.24) is 0 Å². The number of hydrogen-bond donors (Lipinski definition) is 1. The van der Waals surface area contributed by atoms with Crippen LogP contribution in [0, 0.1) is 5.21 Å². The summed E-state index contributed by atoms with van der Waals surface area (Å²) in [5.41, 5.74) is 6.46. The van der Waals surface area contributed by atoms with E-state index in [-0.39, 0.29) is 0 Å². The number of nitrogen functional groups attached to an aromatic ring is 1. The predicted octanol–water partition coefficient (Wildman–Crippen LogP) is 1.13. The summed E-state index contributed by atoms with van der Waals surface area (Å²) < 4.78 is 0. The largest absolute Gasteiger partial charge is 0.733 e. The summed E-state index contributed by atoms with van der Waals surface area (Å²) in [6.45, 7) is 0. The van der Waals surface area contributed by atoms with E-state index in [1.54, 1.807) is 24.3 Å². The molecule has 2 N–H and O–H groups in total. The average Bonchev–Trinajstić information content (AvgIpc) is 2.05. The van der Waals surface area contributed by atoms with Crippen molar-refractivity contribution < 1.29 is 4.84 Å². The van der Waals surface area contributed by atoms with E-state index < -0.39 is 0 Å². The maximum Gasteiger partial charge on any atom is 0.0629 e. The van der Waals surface area contributed by atoms with Gasteiger partial charge in [-0.05, 0) is 24.3 Å². The molecule has 0 amide bonds. The third-order valence-electron chi connectivity index (χ3n) is 1.27. The molecule has 0 fully saturated rings. The summed E-state index contributed by atoms with van der Waals surface area (Å²) in [6.07, 6.45) is 0. The van der Waals surface area contributed by atoms with Crippen LogP contribution < -0.4 is 11.0 Å². The third kappa shape index (κ3) is 1.83. The molecule has 0 saturated heterocycles. The molecule has 4 nitrogen and oxygen atoms in total. The van der Waals surface area contributed by atoms with Crippen LogP contribution in [-0.4, -0.2) is 7.11 Å². The molecule has 0 aliphatic heterocycles. The van der Waals surface area contributed by atoms with E-state index in [2.05, 4.69) is 4.84 Å². The van der Waals surface area contributed by atoms with Gasteiger partial charge in [-0.3, -0.25) is 4.84 Å². The van der Waals surface area contributed by atoms with Crippen LogP contribution in [0.25, 0.3) is 0 Å². The van der Waals surface area contributed by atoms with Crippen LogP contribution >= 0.6 is 0 Å². The summed E-state index contributed by atoms with van der Waals surface area (Å²) in [4.78, 5) is 4.41. The van der Waals surface area contributed by atoms with Gasteiger partial charge in [0.05, 0.1) is 12.8 Å². The van der Waals surface area contributed by atoms with E-state index in [0.717, 1.165) is 0 Å². The molecule has 0 aliphatic carbocycles. The van der Waals surface area contributed by atoms with Crippen LogP contribution in [0.2, 0.25) is 0 Å². The molecule has 1 aromatic rings. The van der Waals surface area contributed by atoms with E-state index in [1.165, 1.54) is 7.11 Å². The SMILES string of the molecule is CON([O-])c1ccc(N)cc1. The van der Waals surface area contributed by atoms with Gasteiger partial charge in [0.25, 0.3) is 0 Å². The molecule has 0 bridgehead atoms. The van der Waals surface area contributed by atoms with E-state index in [0.29, 0.717) is 16.6 Å². The number of benzene rings is 1. The minimum atomic E-state index is 0.416. The Morgan fingerprint density at radius 3 is 2.36 bits per heavy atom. The lowest BCUT2D eigenvalue weighted by Gasteiger charge is -2.26. The second-order valence-corrected chi connectivity index (χ2v) is 2.03. The lowest BCUT2D eigenvalue weighted by atomic mass is 10.3. The van der Waals surface area contributed by atoms with Gasteiger partial charge in [0.1, 0.15) is 0 Å². The van der Waals surface area contributed by atoms with Crippen LogP contribution in [0.1, 0.15) is 0 Å². The summed E-state index contributed by atoms with van der Waals surface area (Å²) in [7, 11) is 1.31. The highest BCUT2D eigenvalue weighted by Crippen LogP contribution is 2.14. The number of anilines is 2. The zero-order chi connectivity index (χ0) is 8.27. The van der Waals surface area contributed by atoms with Crippen molar-refractivity contribution in [2.45, 2.75) is 0 Å². The first-order valence-electron chi connectivity index (χ1n) is 3.11. The predicted molar refractivity (Wildman–Crippen MR) is 43.7 cm³/mol. The number of nitrogens with zero attached hydrogens (tertiary/aromatic N) is 1. The van der Waals surface area contributed by atoms with Crippen molar-refractivity contribution >= 4 is 11.4 Å². The van der Waals surface area contributed by atoms with Gasteiger partial charge >= 0.3 is 0 Å². The Hall–Kier alpha value is -1.26. The Labute approximate surface area is 64.7 Å². The molecule has 0 spiro atoms. The quantitative estimate of drug-likeness (QED) is 0.511. The lowest BCUT2D eigenvalue weighted by molar-refractivity contribution is 0.198. The molecule has 0 aromatic heterocycles. The third-order valence-corrected chi connectivity index (χ3v) is 1.27. The number of nitrogens with two attached hydrogens (primary N) is 1. The first-order valence-corrected chi connectivity index (χ1v) is 3.11. The molecular formula is C7H9N2O2-. The zero-order valence-electron chi connectivity index (χ0n) is 6.15. The second kappa shape index (κ2) is 3.23. The van der Waals surface area contributed by atoms with Crippen LogP contribution in [0.15, 0.2) is 24.3 Å². The van der Waals surface area contributed by atoms with Gasteiger partial charge in [-0.2, -0.15) is 0 Å². The van der Waals surface area contributed by atoms with Gasteiger partial charge < -0.3 is 16.2 Å². The highest BCUT2D eigenvalue weighted by atomic mass is 16.9. The van der Waals surface area contributed by atoms with Crippen molar-refractivity contribution in [3.63, 3.8) is 0 Å². The number of rotatable bonds is 2. The molecule has 0 aliphatic rings. The van der Waals surface area contributed by atoms with Crippen molar-refractivity contribution in [3.8, 4) is 0 Å². The lowest BCUT2D eigenvalue weighted by Crippen LogP contribution is -2.11. The Bertz CT molecular complexity index is 222. The molecule has 0 heterocycles. The van der Waals surface area contributed by atoms with Crippen molar-refractivity contribution in [3.05, 3.63) is 29.5 Å². The second-order valence-electron chi connectivity index (χ2n) is 2.03. The highest BCUT2D eigenvalue weighted by molar-refractivity contribution is 5.51. The first kappa shape index (κ1) is 7.84. The molecule has 1 rings (SSSR count).